The lowest BCUT2D eigenvalue weighted by molar-refractivity contribution is -0.132. The van der Waals surface area contributed by atoms with Gasteiger partial charge in [0.1, 0.15) is 0 Å². The Morgan fingerprint density at radius 2 is 2.13 bits per heavy atom. The molecule has 0 radical (unpaired) electrons. The Morgan fingerprint density at radius 3 is 2.87 bits per heavy atom. The van der Waals surface area contributed by atoms with Crippen LogP contribution in [0.3, 0.4) is 0 Å². The second-order valence-electron chi connectivity index (χ2n) is 3.25. The SMILES string of the molecule is C/C(=C\c1ccc2c(c1)OCO2)C(=O)O. The van der Waals surface area contributed by atoms with Crippen molar-refractivity contribution in [3.8, 4) is 11.5 Å². The lowest BCUT2D eigenvalue weighted by Crippen LogP contribution is -1.95. The van der Waals surface area contributed by atoms with E-state index < -0.39 is 5.97 Å². The normalized spacial score (nSPS) is 14.1. The number of hydrogen-bond donors (Lipinski definition) is 1. The van der Waals surface area contributed by atoms with Gasteiger partial charge in [-0.2, -0.15) is 0 Å². The highest BCUT2D eigenvalue weighted by molar-refractivity contribution is 5.91. The maximum atomic E-state index is 10.6. The molecule has 0 amide bonds. The van der Waals surface area contributed by atoms with E-state index in [1.165, 1.54) is 0 Å². The van der Waals surface area contributed by atoms with Crippen LogP contribution in [0, 0.1) is 0 Å². The first-order valence-corrected chi connectivity index (χ1v) is 4.48. The van der Waals surface area contributed by atoms with Gasteiger partial charge in [-0.3, -0.25) is 0 Å². The van der Waals surface area contributed by atoms with Crippen molar-refractivity contribution in [2.75, 3.05) is 6.79 Å². The molecule has 1 heterocycles. The first-order valence-electron chi connectivity index (χ1n) is 4.48. The van der Waals surface area contributed by atoms with Gasteiger partial charge >= 0.3 is 5.97 Å². The summed E-state index contributed by atoms with van der Waals surface area (Å²) in [6.45, 7) is 1.77. The van der Waals surface area contributed by atoms with Gasteiger partial charge in [0, 0.05) is 5.57 Å². The standard InChI is InChI=1S/C11H10O4/c1-7(11(12)13)4-8-2-3-9-10(5-8)15-6-14-9/h2-5H,6H2,1H3,(H,12,13)/b7-4+. The van der Waals surface area contributed by atoms with Crippen LogP contribution in [-0.2, 0) is 4.79 Å². The molecule has 1 aliphatic heterocycles. The molecule has 0 bridgehead atoms. The lowest BCUT2D eigenvalue weighted by Gasteiger charge is -1.98. The molecule has 78 valence electrons. The molecule has 0 unspecified atom stereocenters. The first-order chi connectivity index (χ1) is 7.16. The maximum absolute atomic E-state index is 10.6. The first kappa shape index (κ1) is 9.58. The fourth-order valence-corrected chi connectivity index (χ4v) is 1.31. The van der Waals surface area contributed by atoms with Gasteiger partial charge in [0.25, 0.3) is 0 Å². The van der Waals surface area contributed by atoms with Crippen molar-refractivity contribution in [2.45, 2.75) is 6.92 Å². The van der Waals surface area contributed by atoms with E-state index in [0.29, 0.717) is 11.5 Å². The summed E-state index contributed by atoms with van der Waals surface area (Å²) in [5.41, 5.74) is 1.08. The van der Waals surface area contributed by atoms with Crippen LogP contribution in [0.5, 0.6) is 11.5 Å². The molecule has 1 aromatic carbocycles. The third kappa shape index (κ3) is 1.93. The Labute approximate surface area is 86.7 Å². The Hall–Kier alpha value is -1.97. The zero-order valence-electron chi connectivity index (χ0n) is 8.19. The van der Waals surface area contributed by atoms with E-state index in [9.17, 15) is 4.79 Å². The second-order valence-corrected chi connectivity index (χ2v) is 3.25. The summed E-state index contributed by atoms with van der Waals surface area (Å²) in [4.78, 5) is 10.6. The van der Waals surface area contributed by atoms with E-state index in [0.717, 1.165) is 5.56 Å². The lowest BCUT2D eigenvalue weighted by atomic mass is 10.1. The molecule has 0 spiro atoms. The van der Waals surface area contributed by atoms with Gasteiger partial charge < -0.3 is 14.6 Å². The zero-order valence-corrected chi connectivity index (χ0v) is 8.19. The molecule has 2 rings (SSSR count). The van der Waals surface area contributed by atoms with E-state index in [2.05, 4.69) is 0 Å². The van der Waals surface area contributed by atoms with Crippen LogP contribution in [0.15, 0.2) is 23.8 Å². The van der Waals surface area contributed by atoms with Crippen molar-refractivity contribution < 1.29 is 19.4 Å². The monoisotopic (exact) mass is 206 g/mol. The molecule has 1 N–H and O–H groups in total. The molecular formula is C11H10O4. The number of ether oxygens (including phenoxy) is 2. The van der Waals surface area contributed by atoms with Crippen LogP contribution in [0.1, 0.15) is 12.5 Å². The van der Waals surface area contributed by atoms with Crippen LogP contribution in [0.4, 0.5) is 0 Å². The van der Waals surface area contributed by atoms with E-state index >= 15 is 0 Å². The van der Waals surface area contributed by atoms with Gasteiger partial charge in [0.2, 0.25) is 6.79 Å². The minimum atomic E-state index is -0.923. The molecule has 0 saturated heterocycles. The number of carboxylic acids is 1. The quantitative estimate of drug-likeness (QED) is 0.751. The van der Waals surface area contributed by atoms with Crippen LogP contribution in [0.25, 0.3) is 6.08 Å². The topological polar surface area (TPSA) is 55.8 Å². The Kier molecular flexibility index (Phi) is 2.33. The number of fused-ring (bicyclic) bond motifs is 1. The molecule has 1 aromatic rings. The Balaban J connectivity index is 2.31. The van der Waals surface area contributed by atoms with Crippen molar-refractivity contribution in [3.05, 3.63) is 29.3 Å². The highest BCUT2D eigenvalue weighted by Gasteiger charge is 2.12. The van der Waals surface area contributed by atoms with Gasteiger partial charge in [-0.1, -0.05) is 6.07 Å². The predicted octanol–water partition coefficient (Wildman–Crippen LogP) is 1.90. The zero-order chi connectivity index (χ0) is 10.8. The second kappa shape index (κ2) is 3.65. The highest BCUT2D eigenvalue weighted by atomic mass is 16.7. The van der Waals surface area contributed by atoms with Crippen LogP contribution >= 0.6 is 0 Å². The van der Waals surface area contributed by atoms with Crippen LogP contribution in [-0.4, -0.2) is 17.9 Å². The number of hydrogen-bond acceptors (Lipinski definition) is 3. The largest absolute Gasteiger partial charge is 0.478 e. The molecule has 4 nitrogen and oxygen atoms in total. The molecule has 0 aromatic heterocycles. The highest BCUT2D eigenvalue weighted by Crippen LogP contribution is 2.32. The minimum absolute atomic E-state index is 0.223. The third-order valence-corrected chi connectivity index (χ3v) is 2.12. The number of benzene rings is 1. The van der Waals surface area contributed by atoms with Crippen molar-refractivity contribution in [3.63, 3.8) is 0 Å². The van der Waals surface area contributed by atoms with E-state index in [4.69, 9.17) is 14.6 Å². The molecular weight excluding hydrogens is 196 g/mol. The average molecular weight is 206 g/mol. The summed E-state index contributed by atoms with van der Waals surface area (Å²) < 4.78 is 10.3. The smallest absolute Gasteiger partial charge is 0.331 e. The molecule has 1 aliphatic rings. The minimum Gasteiger partial charge on any atom is -0.478 e. The molecule has 0 saturated carbocycles. The molecule has 15 heavy (non-hydrogen) atoms. The molecule has 0 atom stereocenters. The Bertz CT molecular complexity index is 434. The van der Waals surface area contributed by atoms with Crippen LogP contribution in [0.2, 0.25) is 0 Å². The summed E-state index contributed by atoms with van der Waals surface area (Å²) in [6, 6.07) is 5.32. The van der Waals surface area contributed by atoms with Gasteiger partial charge in [0.15, 0.2) is 11.5 Å². The fraction of sp³-hybridized carbons (Fsp3) is 0.182. The average Bonchev–Trinajstić information content (AvgIpc) is 2.64. The summed E-state index contributed by atoms with van der Waals surface area (Å²) in [5, 5.41) is 8.71. The van der Waals surface area contributed by atoms with E-state index in [-0.39, 0.29) is 12.4 Å². The summed E-state index contributed by atoms with van der Waals surface area (Å²) >= 11 is 0. The van der Waals surface area contributed by atoms with Gasteiger partial charge in [-0.15, -0.1) is 0 Å². The van der Waals surface area contributed by atoms with Gasteiger partial charge in [0.05, 0.1) is 0 Å². The van der Waals surface area contributed by atoms with Gasteiger partial charge in [-0.25, -0.2) is 4.79 Å². The van der Waals surface area contributed by atoms with E-state index in [1.807, 2.05) is 0 Å². The summed E-state index contributed by atoms with van der Waals surface area (Å²) in [5.74, 6) is 0.426. The predicted molar refractivity (Wildman–Crippen MR) is 53.9 cm³/mol. The van der Waals surface area contributed by atoms with Crippen molar-refractivity contribution >= 4 is 12.0 Å². The molecule has 0 fully saturated rings. The number of rotatable bonds is 2. The third-order valence-electron chi connectivity index (χ3n) is 2.12. The summed E-state index contributed by atoms with van der Waals surface area (Å²) in [7, 11) is 0. The number of carbonyl (C=O) groups is 1. The maximum Gasteiger partial charge on any atom is 0.331 e. The van der Waals surface area contributed by atoms with E-state index in [1.54, 1.807) is 31.2 Å². The van der Waals surface area contributed by atoms with Crippen molar-refractivity contribution in [2.24, 2.45) is 0 Å². The van der Waals surface area contributed by atoms with Crippen molar-refractivity contribution in [1.29, 1.82) is 0 Å². The van der Waals surface area contributed by atoms with Crippen molar-refractivity contribution in [1.82, 2.24) is 0 Å². The fourth-order valence-electron chi connectivity index (χ4n) is 1.31. The molecule has 4 heteroatoms. The summed E-state index contributed by atoms with van der Waals surface area (Å²) in [6.07, 6.45) is 1.59. The Morgan fingerprint density at radius 1 is 1.40 bits per heavy atom. The van der Waals surface area contributed by atoms with Gasteiger partial charge in [-0.05, 0) is 30.7 Å². The molecule has 0 aliphatic carbocycles. The van der Waals surface area contributed by atoms with Crippen LogP contribution < -0.4 is 9.47 Å². The number of carboxylic acid groups (broad SMARTS) is 1. The number of aliphatic carboxylic acids is 1.